The molecule has 0 saturated heterocycles. The standard InChI is InChI=1S/C31H22N4O/c32-19-23-11-15-25(16-12-23)21-34-29(27-7-3-1-4-8-27)30(28-9-5-2-6-10-28)35(31(34)36)22-26-17-13-24(20-33)14-18-26/h1-18H,21-22H2. The van der Waals surface area contributed by atoms with Crippen LogP contribution in [0.3, 0.4) is 0 Å². The van der Waals surface area contributed by atoms with Gasteiger partial charge in [-0.15, -0.1) is 0 Å². The molecule has 5 rings (SSSR count). The first kappa shape index (κ1) is 22.7. The van der Waals surface area contributed by atoms with E-state index in [4.69, 9.17) is 10.5 Å². The van der Waals surface area contributed by atoms with Gasteiger partial charge in [0.25, 0.3) is 0 Å². The lowest BCUT2D eigenvalue weighted by Gasteiger charge is -2.12. The maximum Gasteiger partial charge on any atom is 0.329 e. The van der Waals surface area contributed by atoms with Crippen LogP contribution < -0.4 is 5.69 Å². The minimum atomic E-state index is -0.124. The molecule has 5 nitrogen and oxygen atoms in total. The van der Waals surface area contributed by atoms with Crippen LogP contribution in [0.2, 0.25) is 0 Å². The van der Waals surface area contributed by atoms with Crippen LogP contribution in [-0.4, -0.2) is 9.13 Å². The van der Waals surface area contributed by atoms with Gasteiger partial charge in [0.1, 0.15) is 0 Å². The van der Waals surface area contributed by atoms with E-state index in [1.807, 2.05) is 94.1 Å². The molecule has 1 aromatic heterocycles. The lowest BCUT2D eigenvalue weighted by molar-refractivity contribution is 0.689. The monoisotopic (exact) mass is 466 g/mol. The second kappa shape index (κ2) is 10.0. The fraction of sp³-hybridized carbons (Fsp3) is 0.0645. The highest BCUT2D eigenvalue weighted by molar-refractivity contribution is 5.79. The molecule has 0 saturated carbocycles. The summed E-state index contributed by atoms with van der Waals surface area (Å²) < 4.78 is 3.62. The summed E-state index contributed by atoms with van der Waals surface area (Å²) in [6.07, 6.45) is 0. The Balaban J connectivity index is 1.74. The van der Waals surface area contributed by atoms with E-state index in [-0.39, 0.29) is 5.69 Å². The molecular weight excluding hydrogens is 444 g/mol. The van der Waals surface area contributed by atoms with E-state index < -0.39 is 0 Å². The van der Waals surface area contributed by atoms with Crippen molar-refractivity contribution < 1.29 is 0 Å². The predicted octanol–water partition coefficient (Wildman–Crippen LogP) is 5.82. The molecule has 0 bridgehead atoms. The molecular formula is C31H22N4O. The highest BCUT2D eigenvalue weighted by atomic mass is 16.1. The molecule has 0 N–H and O–H groups in total. The smallest absolute Gasteiger partial charge is 0.287 e. The first-order valence-corrected chi connectivity index (χ1v) is 11.6. The Hall–Kier alpha value is -5.13. The van der Waals surface area contributed by atoms with Crippen molar-refractivity contribution in [3.8, 4) is 34.7 Å². The van der Waals surface area contributed by atoms with Gasteiger partial charge in [0.2, 0.25) is 0 Å². The molecule has 0 spiro atoms. The number of rotatable bonds is 6. The van der Waals surface area contributed by atoms with E-state index in [2.05, 4.69) is 12.1 Å². The molecule has 0 atom stereocenters. The Morgan fingerprint density at radius 1 is 0.528 bits per heavy atom. The second-order valence-corrected chi connectivity index (χ2v) is 8.50. The van der Waals surface area contributed by atoms with Crippen molar-refractivity contribution in [2.75, 3.05) is 0 Å². The Morgan fingerprint density at radius 2 is 0.889 bits per heavy atom. The topological polar surface area (TPSA) is 74.5 Å². The molecule has 0 amide bonds. The molecule has 5 heteroatoms. The van der Waals surface area contributed by atoms with E-state index in [1.165, 1.54) is 0 Å². The van der Waals surface area contributed by atoms with Gasteiger partial charge in [-0.25, -0.2) is 4.79 Å². The van der Waals surface area contributed by atoms with Gasteiger partial charge in [-0.2, -0.15) is 10.5 Å². The summed E-state index contributed by atoms with van der Waals surface area (Å²) in [5, 5.41) is 18.3. The van der Waals surface area contributed by atoms with Crippen molar-refractivity contribution in [1.82, 2.24) is 9.13 Å². The molecule has 4 aromatic carbocycles. The van der Waals surface area contributed by atoms with Crippen molar-refractivity contribution in [2.45, 2.75) is 13.1 Å². The van der Waals surface area contributed by atoms with Crippen LogP contribution in [-0.2, 0) is 13.1 Å². The average molecular weight is 467 g/mol. The van der Waals surface area contributed by atoms with Gasteiger partial charge in [0, 0.05) is 11.1 Å². The zero-order chi connectivity index (χ0) is 24.9. The van der Waals surface area contributed by atoms with Gasteiger partial charge in [-0.05, 0) is 35.4 Å². The number of imidazole rings is 1. The van der Waals surface area contributed by atoms with Gasteiger partial charge >= 0.3 is 5.69 Å². The number of aromatic nitrogens is 2. The third-order valence-electron chi connectivity index (χ3n) is 6.17. The van der Waals surface area contributed by atoms with Crippen LogP contribution in [0.5, 0.6) is 0 Å². The summed E-state index contributed by atoms with van der Waals surface area (Å²) in [5.41, 5.74) is 6.47. The SMILES string of the molecule is N#Cc1ccc(Cn2c(-c3ccccc3)c(-c3ccccc3)n(Cc3ccc(C#N)cc3)c2=O)cc1. The second-order valence-electron chi connectivity index (χ2n) is 8.50. The summed E-state index contributed by atoms with van der Waals surface area (Å²) in [6, 6.07) is 38.8. The summed E-state index contributed by atoms with van der Waals surface area (Å²) in [4.78, 5) is 14.0. The van der Waals surface area contributed by atoms with Crippen molar-refractivity contribution in [2.24, 2.45) is 0 Å². The molecule has 0 unspecified atom stereocenters. The van der Waals surface area contributed by atoms with Crippen molar-refractivity contribution in [1.29, 1.82) is 10.5 Å². The number of hydrogen-bond donors (Lipinski definition) is 0. The van der Waals surface area contributed by atoms with Crippen LogP contribution in [0.4, 0.5) is 0 Å². The number of hydrogen-bond acceptors (Lipinski definition) is 3. The molecule has 0 radical (unpaired) electrons. The van der Waals surface area contributed by atoms with Gasteiger partial charge in [-0.3, -0.25) is 9.13 Å². The Bertz CT molecular complexity index is 1510. The lowest BCUT2D eigenvalue weighted by Crippen LogP contribution is -2.26. The molecule has 5 aromatic rings. The average Bonchev–Trinajstić information content (AvgIpc) is 3.21. The largest absolute Gasteiger partial charge is 0.329 e. The van der Waals surface area contributed by atoms with E-state index in [9.17, 15) is 4.79 Å². The molecule has 36 heavy (non-hydrogen) atoms. The minimum absolute atomic E-state index is 0.124. The summed E-state index contributed by atoms with van der Waals surface area (Å²) >= 11 is 0. The first-order chi connectivity index (χ1) is 17.7. The maximum atomic E-state index is 14.0. The normalized spacial score (nSPS) is 10.5. The van der Waals surface area contributed by atoms with Crippen LogP contribution >= 0.6 is 0 Å². The van der Waals surface area contributed by atoms with E-state index >= 15 is 0 Å². The van der Waals surface area contributed by atoms with E-state index in [0.29, 0.717) is 24.2 Å². The van der Waals surface area contributed by atoms with Crippen molar-refractivity contribution in [3.05, 3.63) is 142 Å². The summed E-state index contributed by atoms with van der Waals surface area (Å²) in [6.45, 7) is 0.740. The zero-order valence-electron chi connectivity index (χ0n) is 19.5. The van der Waals surface area contributed by atoms with E-state index in [1.54, 1.807) is 24.3 Å². The number of benzene rings is 4. The Labute approximate surface area is 209 Å². The molecule has 0 fully saturated rings. The third kappa shape index (κ3) is 4.46. The lowest BCUT2D eigenvalue weighted by atomic mass is 10.0. The molecule has 0 aliphatic rings. The number of nitrogens with zero attached hydrogens (tertiary/aromatic N) is 4. The fourth-order valence-electron chi connectivity index (χ4n) is 4.40. The Kier molecular flexibility index (Phi) is 6.30. The predicted molar refractivity (Wildman–Crippen MR) is 140 cm³/mol. The molecule has 1 heterocycles. The van der Waals surface area contributed by atoms with Crippen LogP contribution in [0.1, 0.15) is 22.3 Å². The van der Waals surface area contributed by atoms with Gasteiger partial charge in [-0.1, -0.05) is 84.9 Å². The zero-order valence-corrected chi connectivity index (χ0v) is 19.5. The summed E-state index contributed by atoms with van der Waals surface area (Å²) in [5.74, 6) is 0. The van der Waals surface area contributed by atoms with Crippen LogP contribution in [0.25, 0.3) is 22.5 Å². The number of nitriles is 2. The highest BCUT2D eigenvalue weighted by Crippen LogP contribution is 2.32. The van der Waals surface area contributed by atoms with Gasteiger partial charge in [0.05, 0.1) is 47.7 Å². The van der Waals surface area contributed by atoms with E-state index in [0.717, 1.165) is 33.6 Å². The first-order valence-electron chi connectivity index (χ1n) is 11.6. The van der Waals surface area contributed by atoms with Crippen LogP contribution in [0, 0.1) is 22.7 Å². The molecule has 172 valence electrons. The third-order valence-corrected chi connectivity index (χ3v) is 6.17. The van der Waals surface area contributed by atoms with Gasteiger partial charge < -0.3 is 0 Å². The minimum Gasteiger partial charge on any atom is -0.287 e. The van der Waals surface area contributed by atoms with Gasteiger partial charge in [0.15, 0.2) is 0 Å². The molecule has 0 aliphatic carbocycles. The maximum absolute atomic E-state index is 14.0. The fourth-order valence-corrected chi connectivity index (χ4v) is 4.40. The highest BCUT2D eigenvalue weighted by Gasteiger charge is 2.23. The summed E-state index contributed by atoms with van der Waals surface area (Å²) in [7, 11) is 0. The van der Waals surface area contributed by atoms with Crippen molar-refractivity contribution in [3.63, 3.8) is 0 Å². The van der Waals surface area contributed by atoms with Crippen LogP contribution in [0.15, 0.2) is 114 Å². The van der Waals surface area contributed by atoms with Crippen molar-refractivity contribution >= 4 is 0 Å². The Morgan fingerprint density at radius 3 is 1.22 bits per heavy atom. The quantitative estimate of drug-likeness (QED) is 0.316. The molecule has 0 aliphatic heterocycles.